The van der Waals surface area contributed by atoms with Gasteiger partial charge < -0.3 is 5.73 Å². The van der Waals surface area contributed by atoms with Gasteiger partial charge in [0.05, 0.1) is 11.4 Å². The highest BCUT2D eigenvalue weighted by molar-refractivity contribution is 5.74. The molecular formula is C16H20N2. The minimum atomic E-state index is 0.599. The molecule has 2 nitrogen and oxygen atoms in total. The lowest BCUT2D eigenvalue weighted by Crippen LogP contribution is -1.97. The number of hydrogen-bond donors (Lipinski definition) is 1. The Kier molecular flexibility index (Phi) is 3.66. The molecule has 2 aromatic rings. The van der Waals surface area contributed by atoms with Gasteiger partial charge in [-0.25, -0.2) is 0 Å². The number of nitrogens with two attached hydrogens (primary N) is 1. The number of nitrogen functional groups attached to an aromatic ring is 1. The molecule has 18 heavy (non-hydrogen) atoms. The highest BCUT2D eigenvalue weighted by atomic mass is 14.7. The lowest BCUT2D eigenvalue weighted by Gasteiger charge is -2.11. The van der Waals surface area contributed by atoms with Crippen LogP contribution in [0.5, 0.6) is 0 Å². The average molecular weight is 240 g/mol. The van der Waals surface area contributed by atoms with Crippen LogP contribution in [0.25, 0.3) is 11.3 Å². The molecule has 1 unspecified atom stereocenters. The molecule has 0 spiro atoms. The Balaban J connectivity index is 2.37. The zero-order valence-electron chi connectivity index (χ0n) is 11.3. The molecule has 0 saturated carbocycles. The van der Waals surface area contributed by atoms with Gasteiger partial charge in [-0.2, -0.15) is 0 Å². The van der Waals surface area contributed by atoms with Crippen LogP contribution in [0, 0.1) is 6.92 Å². The molecule has 0 radical (unpaired) electrons. The number of nitrogens with zero attached hydrogens (tertiary/aromatic N) is 1. The summed E-state index contributed by atoms with van der Waals surface area (Å²) in [4.78, 5) is 4.38. The predicted octanol–water partition coefficient (Wildman–Crippen LogP) is 4.15. The van der Waals surface area contributed by atoms with E-state index < -0.39 is 0 Å². The van der Waals surface area contributed by atoms with Crippen molar-refractivity contribution < 1.29 is 0 Å². The van der Waals surface area contributed by atoms with E-state index in [4.69, 9.17) is 5.73 Å². The van der Waals surface area contributed by atoms with Gasteiger partial charge in [0, 0.05) is 11.8 Å². The molecule has 0 amide bonds. The third-order valence-corrected chi connectivity index (χ3v) is 3.57. The molecule has 0 saturated heterocycles. The predicted molar refractivity (Wildman–Crippen MR) is 77.5 cm³/mol. The molecule has 1 aromatic carbocycles. The van der Waals surface area contributed by atoms with Gasteiger partial charge >= 0.3 is 0 Å². The standard InChI is InChI=1S/C16H20N2/c1-4-11(2)13-5-7-14(8-6-13)16-15(17)12(3)9-10-18-16/h5-11H,4,17H2,1-3H3. The van der Waals surface area contributed by atoms with Crippen molar-refractivity contribution in [3.63, 3.8) is 0 Å². The van der Waals surface area contributed by atoms with E-state index in [9.17, 15) is 0 Å². The summed E-state index contributed by atoms with van der Waals surface area (Å²) in [7, 11) is 0. The van der Waals surface area contributed by atoms with Crippen LogP contribution in [0.4, 0.5) is 5.69 Å². The van der Waals surface area contributed by atoms with Crippen LogP contribution in [0.1, 0.15) is 37.3 Å². The fourth-order valence-corrected chi connectivity index (χ4v) is 2.00. The topological polar surface area (TPSA) is 38.9 Å². The fraction of sp³-hybridized carbons (Fsp3) is 0.312. The number of rotatable bonds is 3. The second kappa shape index (κ2) is 5.21. The summed E-state index contributed by atoms with van der Waals surface area (Å²) in [5.41, 5.74) is 11.3. The smallest absolute Gasteiger partial charge is 0.0933 e. The number of anilines is 1. The normalized spacial score (nSPS) is 12.4. The summed E-state index contributed by atoms with van der Waals surface area (Å²) in [6.07, 6.45) is 2.97. The Morgan fingerprint density at radius 1 is 1.17 bits per heavy atom. The van der Waals surface area contributed by atoms with Gasteiger partial charge in [0.2, 0.25) is 0 Å². The summed E-state index contributed by atoms with van der Waals surface area (Å²) in [5, 5.41) is 0. The zero-order chi connectivity index (χ0) is 13.1. The lowest BCUT2D eigenvalue weighted by atomic mass is 9.96. The summed E-state index contributed by atoms with van der Waals surface area (Å²) in [6.45, 7) is 6.46. The van der Waals surface area contributed by atoms with Crippen molar-refractivity contribution in [2.45, 2.75) is 33.1 Å². The zero-order valence-corrected chi connectivity index (χ0v) is 11.3. The highest BCUT2D eigenvalue weighted by Crippen LogP contribution is 2.27. The molecule has 2 N–H and O–H groups in total. The van der Waals surface area contributed by atoms with Crippen LogP contribution >= 0.6 is 0 Å². The maximum absolute atomic E-state index is 6.08. The van der Waals surface area contributed by atoms with E-state index in [2.05, 4.69) is 43.1 Å². The first-order valence-corrected chi connectivity index (χ1v) is 6.45. The molecular weight excluding hydrogens is 220 g/mol. The van der Waals surface area contributed by atoms with E-state index in [1.165, 1.54) is 5.56 Å². The first kappa shape index (κ1) is 12.6. The first-order chi connectivity index (χ1) is 8.63. The Morgan fingerprint density at radius 2 is 1.83 bits per heavy atom. The van der Waals surface area contributed by atoms with Gasteiger partial charge in [-0.05, 0) is 36.5 Å². The van der Waals surface area contributed by atoms with Gasteiger partial charge in [0.1, 0.15) is 0 Å². The molecule has 2 rings (SSSR count). The molecule has 0 bridgehead atoms. The van der Waals surface area contributed by atoms with Crippen molar-refractivity contribution in [2.75, 3.05) is 5.73 Å². The second-order valence-electron chi connectivity index (χ2n) is 4.82. The van der Waals surface area contributed by atoms with E-state index in [1.54, 1.807) is 0 Å². The van der Waals surface area contributed by atoms with Gasteiger partial charge in [-0.1, -0.05) is 38.1 Å². The van der Waals surface area contributed by atoms with Crippen LogP contribution in [0.3, 0.4) is 0 Å². The van der Waals surface area contributed by atoms with Gasteiger partial charge in [-0.15, -0.1) is 0 Å². The van der Waals surface area contributed by atoms with E-state index in [0.717, 1.165) is 28.9 Å². The van der Waals surface area contributed by atoms with E-state index in [-0.39, 0.29) is 0 Å². The van der Waals surface area contributed by atoms with Crippen LogP contribution < -0.4 is 5.73 Å². The summed E-state index contributed by atoms with van der Waals surface area (Å²) < 4.78 is 0. The quantitative estimate of drug-likeness (QED) is 0.875. The molecule has 0 aliphatic rings. The Hall–Kier alpha value is -1.83. The van der Waals surface area contributed by atoms with Gasteiger partial charge in [0.25, 0.3) is 0 Å². The van der Waals surface area contributed by atoms with Crippen molar-refractivity contribution in [2.24, 2.45) is 0 Å². The van der Waals surface area contributed by atoms with E-state index >= 15 is 0 Å². The van der Waals surface area contributed by atoms with Crippen molar-refractivity contribution in [1.29, 1.82) is 0 Å². The maximum Gasteiger partial charge on any atom is 0.0933 e. The SMILES string of the molecule is CCC(C)c1ccc(-c2nccc(C)c2N)cc1. The molecule has 1 atom stereocenters. The molecule has 94 valence electrons. The molecule has 0 aliphatic carbocycles. The Bertz CT molecular complexity index is 529. The number of hydrogen-bond acceptors (Lipinski definition) is 2. The van der Waals surface area contributed by atoms with Crippen LogP contribution in [0.2, 0.25) is 0 Å². The summed E-state index contributed by atoms with van der Waals surface area (Å²) >= 11 is 0. The third-order valence-electron chi connectivity index (χ3n) is 3.57. The number of benzene rings is 1. The van der Waals surface area contributed by atoms with Crippen molar-refractivity contribution >= 4 is 5.69 Å². The summed E-state index contributed by atoms with van der Waals surface area (Å²) in [5.74, 6) is 0.599. The lowest BCUT2D eigenvalue weighted by molar-refractivity contribution is 0.734. The molecule has 1 heterocycles. The number of aryl methyl sites for hydroxylation is 1. The van der Waals surface area contributed by atoms with Crippen LogP contribution in [-0.4, -0.2) is 4.98 Å². The number of pyridine rings is 1. The molecule has 2 heteroatoms. The second-order valence-corrected chi connectivity index (χ2v) is 4.82. The maximum atomic E-state index is 6.08. The summed E-state index contributed by atoms with van der Waals surface area (Å²) in [6, 6.07) is 10.5. The largest absolute Gasteiger partial charge is 0.397 e. The Morgan fingerprint density at radius 3 is 2.44 bits per heavy atom. The molecule has 0 fully saturated rings. The van der Waals surface area contributed by atoms with Crippen molar-refractivity contribution in [3.8, 4) is 11.3 Å². The van der Waals surface area contributed by atoms with Crippen LogP contribution in [-0.2, 0) is 0 Å². The first-order valence-electron chi connectivity index (χ1n) is 6.45. The van der Waals surface area contributed by atoms with Gasteiger partial charge in [0.15, 0.2) is 0 Å². The van der Waals surface area contributed by atoms with Crippen molar-refractivity contribution in [1.82, 2.24) is 4.98 Å². The molecule has 1 aromatic heterocycles. The van der Waals surface area contributed by atoms with E-state index in [1.807, 2.05) is 19.2 Å². The fourth-order valence-electron chi connectivity index (χ4n) is 2.00. The average Bonchev–Trinajstić information content (AvgIpc) is 2.41. The Labute approximate surface area is 109 Å². The van der Waals surface area contributed by atoms with Crippen molar-refractivity contribution in [3.05, 3.63) is 47.7 Å². The monoisotopic (exact) mass is 240 g/mol. The van der Waals surface area contributed by atoms with Crippen LogP contribution in [0.15, 0.2) is 36.5 Å². The number of aromatic nitrogens is 1. The minimum Gasteiger partial charge on any atom is -0.397 e. The van der Waals surface area contributed by atoms with Gasteiger partial charge in [-0.3, -0.25) is 4.98 Å². The molecule has 0 aliphatic heterocycles. The van der Waals surface area contributed by atoms with E-state index in [0.29, 0.717) is 5.92 Å². The minimum absolute atomic E-state index is 0.599. The highest BCUT2D eigenvalue weighted by Gasteiger charge is 2.07. The third kappa shape index (κ3) is 2.37.